The highest BCUT2D eigenvalue weighted by molar-refractivity contribution is 5.33. The van der Waals surface area contributed by atoms with Gasteiger partial charge in [-0.15, -0.1) is 0 Å². The maximum atomic E-state index is 6.27. The van der Waals surface area contributed by atoms with Crippen LogP contribution in [0.2, 0.25) is 0 Å². The van der Waals surface area contributed by atoms with Crippen LogP contribution in [0.4, 0.5) is 0 Å². The molecule has 0 N–H and O–H groups in total. The van der Waals surface area contributed by atoms with E-state index < -0.39 is 0 Å². The van der Waals surface area contributed by atoms with Crippen molar-refractivity contribution in [2.45, 2.75) is 84.8 Å². The summed E-state index contributed by atoms with van der Waals surface area (Å²) >= 11 is 0. The molecule has 0 aliphatic rings. The number of nitrogens with zero attached hydrogens (tertiary/aromatic N) is 1. The zero-order valence-electron chi connectivity index (χ0n) is 20.1. The van der Waals surface area contributed by atoms with Crippen molar-refractivity contribution in [1.82, 2.24) is 0 Å². The van der Waals surface area contributed by atoms with E-state index in [9.17, 15) is 0 Å². The first kappa shape index (κ1) is 27.5. The third-order valence-electron chi connectivity index (χ3n) is 5.87. The van der Waals surface area contributed by atoms with Crippen LogP contribution in [0.3, 0.4) is 0 Å². The third kappa shape index (κ3) is 10.1. The third-order valence-corrected chi connectivity index (χ3v) is 5.87. The van der Waals surface area contributed by atoms with E-state index in [1.54, 1.807) is 0 Å². The van der Waals surface area contributed by atoms with Crippen LogP contribution < -0.4 is 17.1 Å². The number of benzene rings is 2. The Labute approximate surface area is 196 Å². The van der Waals surface area contributed by atoms with Crippen molar-refractivity contribution in [2.24, 2.45) is 0 Å². The zero-order valence-corrected chi connectivity index (χ0v) is 20.9. The molecule has 0 aliphatic carbocycles. The fourth-order valence-electron chi connectivity index (χ4n) is 3.75. The van der Waals surface area contributed by atoms with Gasteiger partial charge in [0.2, 0.25) is 6.29 Å². The number of hydrogen-bond acceptors (Lipinski definition) is 2. The molecule has 0 bridgehead atoms. The van der Waals surface area contributed by atoms with Gasteiger partial charge in [-0.3, -0.25) is 9.22 Å². The van der Waals surface area contributed by atoms with Crippen molar-refractivity contribution in [3.63, 3.8) is 0 Å². The molecule has 0 amide bonds. The second kappa shape index (κ2) is 14.5. The Kier molecular flexibility index (Phi) is 12.9. The summed E-state index contributed by atoms with van der Waals surface area (Å²) in [6, 6.07) is 19.0. The molecule has 0 saturated heterocycles. The van der Waals surface area contributed by atoms with Gasteiger partial charge in [-0.2, -0.15) is 0 Å². The van der Waals surface area contributed by atoms with Crippen molar-refractivity contribution in [1.29, 1.82) is 0 Å². The molecule has 0 radical (unpaired) electrons. The van der Waals surface area contributed by atoms with E-state index in [2.05, 4.69) is 76.5 Å². The van der Waals surface area contributed by atoms with Crippen LogP contribution in [0.5, 0.6) is 5.75 Å². The first-order valence-corrected chi connectivity index (χ1v) is 11.7. The van der Waals surface area contributed by atoms with E-state index in [1.807, 2.05) is 13.0 Å². The molecule has 2 rings (SSSR count). The van der Waals surface area contributed by atoms with E-state index in [4.69, 9.17) is 9.47 Å². The van der Waals surface area contributed by atoms with Gasteiger partial charge in [0, 0.05) is 12.5 Å². The van der Waals surface area contributed by atoms with Gasteiger partial charge < -0.3 is 17.1 Å². The van der Waals surface area contributed by atoms with Crippen LogP contribution in [0, 0.1) is 0 Å². The number of para-hydroxylation sites is 1. The number of halogens is 1. The predicted molar refractivity (Wildman–Crippen MR) is 126 cm³/mol. The summed E-state index contributed by atoms with van der Waals surface area (Å²) in [6.45, 7) is 7.31. The van der Waals surface area contributed by atoms with Crippen LogP contribution in [-0.2, 0) is 17.7 Å². The largest absolute Gasteiger partial charge is 1.00 e. The Balaban J connectivity index is 0.00000480. The molecule has 0 aliphatic heterocycles. The quantitative estimate of drug-likeness (QED) is 0.248. The minimum atomic E-state index is -0.293. The van der Waals surface area contributed by atoms with Gasteiger partial charge in [0.15, 0.2) is 6.23 Å². The van der Waals surface area contributed by atoms with Crippen molar-refractivity contribution in [3.05, 3.63) is 65.7 Å². The minimum absolute atomic E-state index is 0. The second-order valence-electron chi connectivity index (χ2n) is 8.97. The van der Waals surface area contributed by atoms with Crippen molar-refractivity contribution in [2.75, 3.05) is 14.1 Å². The number of ether oxygens (including phenoxy) is 2. The van der Waals surface area contributed by atoms with E-state index in [-0.39, 0.29) is 24.9 Å². The average Bonchev–Trinajstić information content (AvgIpc) is 2.72. The maximum Gasteiger partial charge on any atom is 0.202 e. The maximum absolute atomic E-state index is 6.27. The lowest BCUT2D eigenvalue weighted by Gasteiger charge is -2.37. The molecule has 174 valence electrons. The molecular formula is C27H42ClNO2. The highest BCUT2D eigenvalue weighted by atomic mass is 35.5. The van der Waals surface area contributed by atoms with Gasteiger partial charge >= 0.3 is 0 Å². The molecule has 0 aromatic heterocycles. The average molecular weight is 448 g/mol. The SMILES string of the molecule is CCCCCCCCc1ccccc1OC(C)OC(C)[N+](C)(C)Cc1ccccc1.[Cl-]. The fourth-order valence-corrected chi connectivity index (χ4v) is 3.75. The number of aryl methyl sites for hydroxylation is 1. The molecule has 2 atom stereocenters. The van der Waals surface area contributed by atoms with Gasteiger partial charge in [0.1, 0.15) is 12.3 Å². The molecule has 2 aromatic rings. The zero-order chi connectivity index (χ0) is 21.8. The highest BCUT2D eigenvalue weighted by Gasteiger charge is 2.27. The summed E-state index contributed by atoms with van der Waals surface area (Å²) in [5.74, 6) is 0.958. The van der Waals surface area contributed by atoms with Crippen molar-refractivity contribution in [3.8, 4) is 5.75 Å². The van der Waals surface area contributed by atoms with Gasteiger partial charge in [-0.1, -0.05) is 87.6 Å². The monoisotopic (exact) mass is 447 g/mol. The number of hydrogen-bond donors (Lipinski definition) is 0. The van der Waals surface area contributed by atoms with Crippen molar-refractivity contribution >= 4 is 0 Å². The Morgan fingerprint density at radius 2 is 1.42 bits per heavy atom. The Hall–Kier alpha value is -1.55. The molecule has 0 spiro atoms. The van der Waals surface area contributed by atoms with E-state index in [1.165, 1.54) is 49.7 Å². The Bertz CT molecular complexity index is 720. The summed E-state index contributed by atoms with van der Waals surface area (Å²) in [5.41, 5.74) is 2.60. The molecule has 2 unspecified atom stereocenters. The van der Waals surface area contributed by atoms with Gasteiger partial charge in [-0.05, 0) is 31.4 Å². The molecule has 31 heavy (non-hydrogen) atoms. The molecular weight excluding hydrogens is 406 g/mol. The summed E-state index contributed by atoms with van der Waals surface area (Å²) in [6.07, 6.45) is 8.65. The summed E-state index contributed by atoms with van der Waals surface area (Å²) in [4.78, 5) is 0. The molecule has 0 fully saturated rings. The smallest absolute Gasteiger partial charge is 0.202 e. The molecule has 0 saturated carbocycles. The van der Waals surface area contributed by atoms with Crippen LogP contribution >= 0.6 is 0 Å². The van der Waals surface area contributed by atoms with Gasteiger partial charge in [-0.25, -0.2) is 0 Å². The van der Waals surface area contributed by atoms with Crippen LogP contribution in [0.1, 0.15) is 70.4 Å². The van der Waals surface area contributed by atoms with Gasteiger partial charge in [0.05, 0.1) is 14.1 Å². The van der Waals surface area contributed by atoms with E-state index >= 15 is 0 Å². The summed E-state index contributed by atoms with van der Waals surface area (Å²) in [5, 5.41) is 0. The number of rotatable bonds is 14. The lowest BCUT2D eigenvalue weighted by atomic mass is 10.0. The van der Waals surface area contributed by atoms with Crippen molar-refractivity contribution < 1.29 is 26.4 Å². The summed E-state index contributed by atoms with van der Waals surface area (Å²) in [7, 11) is 4.41. The number of unbranched alkanes of at least 4 members (excludes halogenated alkanes) is 5. The van der Waals surface area contributed by atoms with E-state index in [0.717, 1.165) is 23.2 Å². The van der Waals surface area contributed by atoms with Crippen LogP contribution in [-0.4, -0.2) is 31.1 Å². The predicted octanol–water partition coefficient (Wildman–Crippen LogP) is 3.96. The van der Waals surface area contributed by atoms with E-state index in [0.29, 0.717) is 0 Å². The first-order chi connectivity index (χ1) is 14.4. The molecule has 3 nitrogen and oxygen atoms in total. The molecule has 4 heteroatoms. The lowest BCUT2D eigenvalue weighted by molar-refractivity contribution is -0.949. The minimum Gasteiger partial charge on any atom is -1.00 e. The van der Waals surface area contributed by atoms with Crippen LogP contribution in [0.15, 0.2) is 54.6 Å². The second-order valence-corrected chi connectivity index (χ2v) is 8.97. The topological polar surface area (TPSA) is 18.5 Å². The Morgan fingerprint density at radius 1 is 0.806 bits per heavy atom. The normalized spacial score (nSPS) is 13.3. The lowest BCUT2D eigenvalue weighted by Crippen LogP contribution is -3.00. The van der Waals surface area contributed by atoms with Crippen LogP contribution in [0.25, 0.3) is 0 Å². The number of quaternary nitrogens is 1. The first-order valence-electron chi connectivity index (χ1n) is 11.7. The molecule has 2 aromatic carbocycles. The standard InChI is InChI=1S/C27H42NO2.ClH/c1-6-7-8-9-10-14-19-26-20-15-16-21-27(26)30-24(3)29-23(2)28(4,5)22-25-17-12-11-13-18-25;/h11-13,15-18,20-21,23-24H,6-10,14,19,22H2,1-5H3;1H/q+1;/p-1. The molecule has 0 heterocycles. The van der Waals surface area contributed by atoms with Gasteiger partial charge in [0.25, 0.3) is 0 Å². The Morgan fingerprint density at radius 3 is 2.13 bits per heavy atom. The highest BCUT2D eigenvalue weighted by Crippen LogP contribution is 2.24. The fraction of sp³-hybridized carbons (Fsp3) is 0.556. The summed E-state index contributed by atoms with van der Waals surface area (Å²) < 4.78 is 13.2.